The molecule has 0 aliphatic rings. The van der Waals surface area contributed by atoms with Gasteiger partial charge in [0.2, 0.25) is 11.8 Å². The van der Waals surface area contributed by atoms with Gasteiger partial charge in [0, 0.05) is 24.6 Å². The Bertz CT molecular complexity index is 1130. The molecule has 180 valence electrons. The van der Waals surface area contributed by atoms with E-state index >= 15 is 0 Å². The topological polar surface area (TPSA) is 80.7 Å². The van der Waals surface area contributed by atoms with Crippen LogP contribution >= 0.6 is 0 Å². The molecule has 0 amide bonds. The first-order chi connectivity index (χ1) is 16.4. The van der Waals surface area contributed by atoms with E-state index < -0.39 is 0 Å². The minimum Gasteiger partial charge on any atom is -0.481 e. The molecular formula is C28H34N2O4. The summed E-state index contributed by atoms with van der Waals surface area (Å²) in [5.41, 5.74) is 7.42. The lowest BCUT2D eigenvalue weighted by atomic mass is 9.92. The molecule has 0 radical (unpaired) electrons. The highest BCUT2D eigenvalue weighted by molar-refractivity contribution is 5.75. The average molecular weight is 463 g/mol. The number of carbonyl (C=O) groups is 1. The lowest BCUT2D eigenvalue weighted by molar-refractivity contribution is -0.117. The molecular weight excluding hydrogens is 428 g/mol. The van der Waals surface area contributed by atoms with Gasteiger partial charge in [0.25, 0.3) is 0 Å². The predicted molar refractivity (Wildman–Crippen MR) is 134 cm³/mol. The number of methoxy groups -OCH3 is 1. The Kier molecular flexibility index (Phi) is 9.19. The number of aliphatic hydroxyl groups is 1. The number of carbonyl (C=O) groups excluding carboxylic acids is 1. The Balaban J connectivity index is 1.68. The number of ether oxygens (including phenoxy) is 2. The number of nitrogens with zero attached hydrogens (tertiary/aromatic N) is 1. The van der Waals surface area contributed by atoms with E-state index in [-0.39, 0.29) is 12.4 Å². The second kappa shape index (κ2) is 12.3. The normalized spacial score (nSPS) is 10.9. The van der Waals surface area contributed by atoms with Gasteiger partial charge in [0.15, 0.2) is 0 Å². The molecule has 0 aliphatic heterocycles. The van der Waals surface area contributed by atoms with Gasteiger partial charge in [0.05, 0.1) is 13.7 Å². The number of hydrogen-bond acceptors (Lipinski definition) is 6. The van der Waals surface area contributed by atoms with Crippen molar-refractivity contribution in [2.75, 3.05) is 13.7 Å². The van der Waals surface area contributed by atoms with Crippen LogP contribution in [0.4, 0.5) is 0 Å². The maximum Gasteiger partial charge on any atom is 0.220 e. The van der Waals surface area contributed by atoms with Crippen LogP contribution in [0.3, 0.4) is 0 Å². The first-order valence-corrected chi connectivity index (χ1v) is 11.6. The van der Waals surface area contributed by atoms with Crippen LogP contribution in [0.15, 0.2) is 48.5 Å². The van der Waals surface area contributed by atoms with Crippen LogP contribution in [-0.2, 0) is 24.6 Å². The third kappa shape index (κ3) is 6.43. The molecule has 1 aromatic heterocycles. The average Bonchev–Trinajstić information content (AvgIpc) is 2.84. The van der Waals surface area contributed by atoms with Crippen LogP contribution in [-0.4, -0.2) is 29.5 Å². The molecule has 6 heteroatoms. The van der Waals surface area contributed by atoms with Crippen molar-refractivity contribution in [2.45, 2.75) is 53.4 Å². The quantitative estimate of drug-likeness (QED) is 0.373. The second-order valence-electron chi connectivity index (χ2n) is 8.43. The van der Waals surface area contributed by atoms with Crippen molar-refractivity contribution in [1.82, 2.24) is 10.3 Å². The van der Waals surface area contributed by atoms with Gasteiger partial charge < -0.3 is 24.7 Å². The van der Waals surface area contributed by atoms with Gasteiger partial charge in [-0.05, 0) is 73.2 Å². The molecule has 1 heterocycles. The molecule has 2 N–H and O–H groups in total. The molecule has 0 atom stereocenters. The van der Waals surface area contributed by atoms with E-state index in [1.165, 1.54) is 0 Å². The standard InChI is InChI=1S/C28H34N2O4/c1-19(32)8-7-15-29-16-22-13-14-27(30-28(22)33-4)34-18-24-10-6-12-26(21(24)3)25-11-5-9-23(17-31)20(25)2/h5-6,9-14,29,31H,7-8,15-18H2,1-4H3. The lowest BCUT2D eigenvalue weighted by Gasteiger charge is -2.16. The first kappa shape index (κ1) is 25.4. The Morgan fingerprint density at radius 3 is 2.29 bits per heavy atom. The van der Waals surface area contributed by atoms with Crippen molar-refractivity contribution in [3.05, 3.63) is 76.3 Å². The number of ketones is 1. The van der Waals surface area contributed by atoms with E-state index in [4.69, 9.17) is 9.47 Å². The summed E-state index contributed by atoms with van der Waals surface area (Å²) in [6, 6.07) is 16.0. The number of benzene rings is 2. The van der Waals surface area contributed by atoms with Gasteiger partial charge in [-0.2, -0.15) is 4.98 Å². The molecule has 0 fully saturated rings. The van der Waals surface area contributed by atoms with E-state index in [9.17, 15) is 9.90 Å². The van der Waals surface area contributed by atoms with E-state index in [0.717, 1.165) is 51.9 Å². The zero-order valence-electron chi connectivity index (χ0n) is 20.5. The van der Waals surface area contributed by atoms with Gasteiger partial charge >= 0.3 is 0 Å². The number of aromatic nitrogens is 1. The van der Waals surface area contributed by atoms with Gasteiger partial charge in [-0.3, -0.25) is 0 Å². The summed E-state index contributed by atoms with van der Waals surface area (Å²) in [5.74, 6) is 1.23. The monoisotopic (exact) mass is 462 g/mol. The molecule has 3 rings (SSSR count). The maximum absolute atomic E-state index is 11.1. The minimum atomic E-state index is 0.0267. The van der Waals surface area contributed by atoms with Crippen LogP contribution in [0.25, 0.3) is 11.1 Å². The fourth-order valence-corrected chi connectivity index (χ4v) is 3.96. The smallest absolute Gasteiger partial charge is 0.220 e. The van der Waals surface area contributed by atoms with Crippen molar-refractivity contribution in [2.24, 2.45) is 0 Å². The minimum absolute atomic E-state index is 0.0267. The summed E-state index contributed by atoms with van der Waals surface area (Å²) in [4.78, 5) is 15.6. The number of rotatable bonds is 12. The Morgan fingerprint density at radius 1 is 0.971 bits per heavy atom. The van der Waals surface area contributed by atoms with Crippen LogP contribution in [0.1, 0.15) is 47.6 Å². The number of aliphatic hydroxyl groups excluding tert-OH is 1. The molecule has 0 saturated carbocycles. The molecule has 34 heavy (non-hydrogen) atoms. The Labute approximate surface area is 202 Å². The van der Waals surface area contributed by atoms with Gasteiger partial charge in [-0.1, -0.05) is 36.4 Å². The van der Waals surface area contributed by atoms with Crippen LogP contribution in [0, 0.1) is 13.8 Å². The number of hydrogen-bond donors (Lipinski definition) is 2. The Hall–Kier alpha value is -3.22. The van der Waals surface area contributed by atoms with E-state index in [0.29, 0.717) is 31.3 Å². The fraction of sp³-hybridized carbons (Fsp3) is 0.357. The van der Waals surface area contributed by atoms with E-state index in [1.807, 2.05) is 37.3 Å². The van der Waals surface area contributed by atoms with Crippen LogP contribution in [0.2, 0.25) is 0 Å². The van der Waals surface area contributed by atoms with E-state index in [2.05, 4.69) is 35.4 Å². The third-order valence-corrected chi connectivity index (χ3v) is 6.03. The van der Waals surface area contributed by atoms with Crippen LogP contribution in [0.5, 0.6) is 11.8 Å². The highest BCUT2D eigenvalue weighted by Crippen LogP contribution is 2.31. The second-order valence-corrected chi connectivity index (χ2v) is 8.43. The zero-order valence-corrected chi connectivity index (χ0v) is 20.5. The zero-order chi connectivity index (χ0) is 24.5. The fourth-order valence-electron chi connectivity index (χ4n) is 3.96. The van der Waals surface area contributed by atoms with Crippen molar-refractivity contribution in [1.29, 1.82) is 0 Å². The molecule has 3 aromatic rings. The number of nitrogens with one attached hydrogen (secondary N) is 1. The molecule has 0 spiro atoms. The summed E-state index contributed by atoms with van der Waals surface area (Å²) in [5, 5.41) is 12.9. The van der Waals surface area contributed by atoms with Gasteiger partial charge in [-0.15, -0.1) is 0 Å². The third-order valence-electron chi connectivity index (χ3n) is 6.03. The summed E-state index contributed by atoms with van der Waals surface area (Å²) >= 11 is 0. The molecule has 2 aromatic carbocycles. The lowest BCUT2D eigenvalue weighted by Crippen LogP contribution is -2.16. The summed E-state index contributed by atoms with van der Waals surface area (Å²) in [6.07, 6.45) is 1.40. The first-order valence-electron chi connectivity index (χ1n) is 11.6. The van der Waals surface area contributed by atoms with Crippen LogP contribution < -0.4 is 14.8 Å². The van der Waals surface area contributed by atoms with E-state index in [1.54, 1.807) is 14.0 Å². The summed E-state index contributed by atoms with van der Waals surface area (Å²) in [7, 11) is 1.60. The molecule has 0 aliphatic carbocycles. The number of pyridine rings is 1. The van der Waals surface area contributed by atoms with Gasteiger partial charge in [-0.25, -0.2) is 0 Å². The Morgan fingerprint density at radius 2 is 1.65 bits per heavy atom. The maximum atomic E-state index is 11.1. The predicted octanol–water partition coefficient (Wildman–Crippen LogP) is 4.90. The largest absolute Gasteiger partial charge is 0.481 e. The van der Waals surface area contributed by atoms with Gasteiger partial charge in [0.1, 0.15) is 12.4 Å². The van der Waals surface area contributed by atoms with Crippen molar-refractivity contribution in [3.8, 4) is 22.9 Å². The highest BCUT2D eigenvalue weighted by atomic mass is 16.5. The highest BCUT2D eigenvalue weighted by Gasteiger charge is 2.12. The van der Waals surface area contributed by atoms with Crippen molar-refractivity contribution < 1.29 is 19.4 Å². The number of Topliss-reactive ketones (excluding diaryl/α,β-unsaturated/α-hetero) is 1. The summed E-state index contributed by atoms with van der Waals surface area (Å²) in [6.45, 7) is 7.53. The SMILES string of the molecule is COc1nc(OCc2cccc(-c3cccc(CO)c3C)c2C)ccc1CNCCCC(C)=O. The molecule has 0 saturated heterocycles. The van der Waals surface area contributed by atoms with Crippen molar-refractivity contribution >= 4 is 5.78 Å². The molecule has 0 unspecified atom stereocenters. The summed E-state index contributed by atoms with van der Waals surface area (Å²) < 4.78 is 11.5. The molecule has 6 nitrogen and oxygen atoms in total. The molecule has 0 bridgehead atoms. The van der Waals surface area contributed by atoms with Crippen molar-refractivity contribution in [3.63, 3.8) is 0 Å².